The monoisotopic (exact) mass is 243 g/mol. The van der Waals surface area contributed by atoms with Crippen molar-refractivity contribution in [3.8, 4) is 0 Å². The van der Waals surface area contributed by atoms with Gasteiger partial charge in [0.1, 0.15) is 0 Å². The van der Waals surface area contributed by atoms with E-state index in [1.807, 2.05) is 30.5 Å². The van der Waals surface area contributed by atoms with Crippen LogP contribution in [0.2, 0.25) is 0 Å². The van der Waals surface area contributed by atoms with Crippen molar-refractivity contribution in [3.63, 3.8) is 0 Å². The van der Waals surface area contributed by atoms with E-state index in [0.29, 0.717) is 0 Å². The Balaban J connectivity index is 1.90. The number of aromatic amines is 1. The molecule has 0 spiro atoms. The largest absolute Gasteiger partial charge is 0.361 e. The van der Waals surface area contributed by atoms with Gasteiger partial charge >= 0.3 is 0 Å². The van der Waals surface area contributed by atoms with Crippen molar-refractivity contribution >= 4 is 16.8 Å². The second kappa shape index (κ2) is 4.14. The van der Waals surface area contributed by atoms with Gasteiger partial charge in [-0.3, -0.25) is 4.79 Å². The fourth-order valence-corrected chi connectivity index (χ4v) is 2.55. The van der Waals surface area contributed by atoms with Crippen LogP contribution in [0.3, 0.4) is 0 Å². The molecule has 1 aliphatic heterocycles. The number of benzene rings is 1. The molecule has 0 radical (unpaired) electrons. The van der Waals surface area contributed by atoms with Crippen LogP contribution in [0.5, 0.6) is 0 Å². The van der Waals surface area contributed by atoms with Crippen LogP contribution < -0.4 is 10.6 Å². The van der Waals surface area contributed by atoms with E-state index in [1.165, 1.54) is 0 Å². The summed E-state index contributed by atoms with van der Waals surface area (Å²) in [5.74, 6) is 0.00593. The van der Waals surface area contributed by atoms with E-state index in [9.17, 15) is 4.79 Å². The van der Waals surface area contributed by atoms with Gasteiger partial charge in [0.15, 0.2) is 0 Å². The minimum absolute atomic E-state index is 0.00593. The van der Waals surface area contributed by atoms with Crippen LogP contribution in [0.25, 0.3) is 10.9 Å². The number of aromatic nitrogens is 1. The topological polar surface area (TPSA) is 56.9 Å². The number of H-pyrrole nitrogens is 1. The van der Waals surface area contributed by atoms with Crippen molar-refractivity contribution in [2.45, 2.75) is 18.9 Å². The molecular weight excluding hydrogens is 226 g/mol. The van der Waals surface area contributed by atoms with Gasteiger partial charge in [-0.1, -0.05) is 6.07 Å². The summed E-state index contributed by atoms with van der Waals surface area (Å²) >= 11 is 0. The Kier molecular flexibility index (Phi) is 2.59. The predicted molar refractivity (Wildman–Crippen MR) is 71.7 cm³/mol. The molecule has 4 nitrogen and oxygen atoms in total. The molecule has 2 aromatic rings. The van der Waals surface area contributed by atoms with Gasteiger partial charge in [-0.15, -0.1) is 0 Å². The SMILES string of the molecule is CC1(NC(=O)c2cccc3[nH]ccc23)CCNC1. The minimum Gasteiger partial charge on any atom is -0.361 e. The molecule has 4 heteroatoms. The summed E-state index contributed by atoms with van der Waals surface area (Å²) in [6.45, 7) is 3.88. The molecule has 2 heterocycles. The van der Waals surface area contributed by atoms with Crippen LogP contribution in [0.1, 0.15) is 23.7 Å². The Hall–Kier alpha value is -1.81. The summed E-state index contributed by atoms with van der Waals surface area (Å²) in [5.41, 5.74) is 1.61. The Morgan fingerprint density at radius 1 is 1.39 bits per heavy atom. The first-order chi connectivity index (χ1) is 8.68. The van der Waals surface area contributed by atoms with Gasteiger partial charge in [-0.2, -0.15) is 0 Å². The number of carbonyl (C=O) groups excluding carboxylic acids is 1. The fraction of sp³-hybridized carbons (Fsp3) is 0.357. The van der Waals surface area contributed by atoms with Crippen LogP contribution in [0, 0.1) is 0 Å². The van der Waals surface area contributed by atoms with E-state index in [2.05, 4.69) is 22.5 Å². The molecule has 1 aliphatic rings. The van der Waals surface area contributed by atoms with Crippen LogP contribution in [0.4, 0.5) is 0 Å². The van der Waals surface area contributed by atoms with Crippen LogP contribution >= 0.6 is 0 Å². The standard InChI is InChI=1S/C14H17N3O/c1-14(6-8-15-9-14)17-13(18)11-3-2-4-12-10(11)5-7-16-12/h2-5,7,15-16H,6,8-9H2,1H3,(H,17,18). The smallest absolute Gasteiger partial charge is 0.252 e. The molecule has 1 atom stereocenters. The molecule has 1 aromatic carbocycles. The van der Waals surface area contributed by atoms with Gasteiger partial charge in [0.2, 0.25) is 0 Å². The van der Waals surface area contributed by atoms with Crippen molar-refractivity contribution in [1.29, 1.82) is 0 Å². The van der Waals surface area contributed by atoms with E-state index in [1.54, 1.807) is 0 Å². The van der Waals surface area contributed by atoms with Crippen LogP contribution in [-0.4, -0.2) is 29.5 Å². The lowest BCUT2D eigenvalue weighted by Gasteiger charge is -2.24. The molecule has 3 N–H and O–H groups in total. The Morgan fingerprint density at radius 3 is 3.06 bits per heavy atom. The molecule has 1 amide bonds. The molecule has 1 unspecified atom stereocenters. The molecule has 94 valence electrons. The van der Waals surface area contributed by atoms with Crippen molar-refractivity contribution in [1.82, 2.24) is 15.6 Å². The van der Waals surface area contributed by atoms with E-state index in [0.717, 1.165) is 36.0 Å². The Labute approximate surface area is 106 Å². The van der Waals surface area contributed by atoms with Gasteiger partial charge < -0.3 is 15.6 Å². The molecule has 0 aliphatic carbocycles. The highest BCUT2D eigenvalue weighted by atomic mass is 16.1. The molecule has 1 saturated heterocycles. The average Bonchev–Trinajstić information content (AvgIpc) is 2.96. The zero-order valence-corrected chi connectivity index (χ0v) is 10.4. The molecule has 1 aromatic heterocycles. The molecule has 3 rings (SSSR count). The Morgan fingerprint density at radius 2 is 2.28 bits per heavy atom. The maximum atomic E-state index is 12.4. The normalized spacial score (nSPS) is 23.4. The number of amides is 1. The van der Waals surface area contributed by atoms with E-state index in [4.69, 9.17) is 0 Å². The first-order valence-corrected chi connectivity index (χ1v) is 6.27. The van der Waals surface area contributed by atoms with Crippen LogP contribution in [-0.2, 0) is 0 Å². The summed E-state index contributed by atoms with van der Waals surface area (Å²) in [4.78, 5) is 15.5. The van der Waals surface area contributed by atoms with E-state index in [-0.39, 0.29) is 11.4 Å². The Bertz CT molecular complexity index is 581. The minimum atomic E-state index is -0.129. The zero-order valence-electron chi connectivity index (χ0n) is 10.4. The van der Waals surface area contributed by atoms with Crippen molar-refractivity contribution in [2.75, 3.05) is 13.1 Å². The molecule has 0 bridgehead atoms. The number of carbonyl (C=O) groups is 1. The van der Waals surface area contributed by atoms with Gasteiger partial charge in [-0.05, 0) is 38.1 Å². The quantitative estimate of drug-likeness (QED) is 0.751. The van der Waals surface area contributed by atoms with E-state index >= 15 is 0 Å². The van der Waals surface area contributed by atoms with Gasteiger partial charge in [0.05, 0.1) is 5.54 Å². The highest BCUT2D eigenvalue weighted by molar-refractivity contribution is 6.06. The molecule has 0 saturated carbocycles. The third-order valence-electron chi connectivity index (χ3n) is 3.62. The number of fused-ring (bicyclic) bond motifs is 1. The molecular formula is C14H17N3O. The number of rotatable bonds is 2. The lowest BCUT2D eigenvalue weighted by atomic mass is 10.0. The summed E-state index contributed by atoms with van der Waals surface area (Å²) < 4.78 is 0. The number of hydrogen-bond acceptors (Lipinski definition) is 2. The highest BCUT2D eigenvalue weighted by Crippen LogP contribution is 2.19. The average molecular weight is 243 g/mol. The fourth-order valence-electron chi connectivity index (χ4n) is 2.55. The maximum Gasteiger partial charge on any atom is 0.252 e. The zero-order chi connectivity index (χ0) is 12.6. The highest BCUT2D eigenvalue weighted by Gasteiger charge is 2.30. The lowest BCUT2D eigenvalue weighted by Crippen LogP contribution is -2.47. The lowest BCUT2D eigenvalue weighted by molar-refractivity contribution is 0.0915. The summed E-state index contributed by atoms with van der Waals surface area (Å²) in [6.07, 6.45) is 2.84. The van der Waals surface area contributed by atoms with Crippen LogP contribution in [0.15, 0.2) is 30.5 Å². The second-order valence-electron chi connectivity index (χ2n) is 5.19. The van der Waals surface area contributed by atoms with Crippen molar-refractivity contribution < 1.29 is 4.79 Å². The third kappa shape index (κ3) is 1.88. The first kappa shape index (κ1) is 11.3. The summed E-state index contributed by atoms with van der Waals surface area (Å²) in [5, 5.41) is 7.40. The first-order valence-electron chi connectivity index (χ1n) is 6.27. The van der Waals surface area contributed by atoms with E-state index < -0.39 is 0 Å². The maximum absolute atomic E-state index is 12.4. The van der Waals surface area contributed by atoms with Gasteiger partial charge in [0.25, 0.3) is 5.91 Å². The summed E-state index contributed by atoms with van der Waals surface area (Å²) in [7, 11) is 0. The van der Waals surface area contributed by atoms with Gasteiger partial charge in [0, 0.05) is 29.2 Å². The third-order valence-corrected chi connectivity index (χ3v) is 3.62. The van der Waals surface area contributed by atoms with Gasteiger partial charge in [-0.25, -0.2) is 0 Å². The molecule has 1 fully saturated rings. The van der Waals surface area contributed by atoms with Crippen molar-refractivity contribution in [2.24, 2.45) is 0 Å². The molecule has 18 heavy (non-hydrogen) atoms. The number of nitrogens with one attached hydrogen (secondary N) is 3. The predicted octanol–water partition coefficient (Wildman–Crippen LogP) is 1.65. The number of hydrogen-bond donors (Lipinski definition) is 3. The summed E-state index contributed by atoms with van der Waals surface area (Å²) in [6, 6.07) is 7.70. The van der Waals surface area contributed by atoms with Crippen molar-refractivity contribution in [3.05, 3.63) is 36.0 Å². The second-order valence-corrected chi connectivity index (χ2v) is 5.19.